The summed E-state index contributed by atoms with van der Waals surface area (Å²) in [5.41, 5.74) is 0. The van der Waals surface area contributed by atoms with Crippen molar-refractivity contribution in [2.45, 2.75) is 6.92 Å². The number of anilines is 1. The number of aromatic nitrogens is 2. The van der Waals surface area contributed by atoms with Crippen LogP contribution in [0.2, 0.25) is 0 Å². The molecule has 0 saturated carbocycles. The first-order chi connectivity index (χ1) is 6.53. The van der Waals surface area contributed by atoms with Gasteiger partial charge in [0.1, 0.15) is 5.82 Å². The maximum absolute atomic E-state index is 11.4. The summed E-state index contributed by atoms with van der Waals surface area (Å²) in [5, 5.41) is 6.14. The Labute approximate surface area is 87.9 Å². The summed E-state index contributed by atoms with van der Waals surface area (Å²) in [6.07, 6.45) is 1.48. The van der Waals surface area contributed by atoms with Crippen LogP contribution in [0.25, 0.3) is 0 Å². The van der Waals surface area contributed by atoms with Gasteiger partial charge in [-0.1, -0.05) is 6.92 Å². The van der Waals surface area contributed by atoms with E-state index in [1.54, 1.807) is 13.0 Å². The predicted molar refractivity (Wildman–Crippen MR) is 55.9 cm³/mol. The number of hydrogen-bond acceptors (Lipinski definition) is 3. The van der Waals surface area contributed by atoms with E-state index in [-0.39, 0.29) is 11.7 Å². The average molecular weight is 238 g/mol. The fourth-order valence-electron chi connectivity index (χ4n) is 0.941. The van der Waals surface area contributed by atoms with Gasteiger partial charge in [0.2, 0.25) is 10.0 Å². The number of sulfonamides is 1. The predicted octanol–water partition coefficient (Wildman–Crippen LogP) is 1.03. The lowest BCUT2D eigenvalue weighted by molar-refractivity contribution is 0.588. The van der Waals surface area contributed by atoms with E-state index in [9.17, 15) is 8.42 Å². The summed E-state index contributed by atoms with van der Waals surface area (Å²) in [7, 11) is -3.32. The first-order valence-electron chi connectivity index (χ1n) is 4.09. The number of alkyl halides is 1. The quantitative estimate of drug-likeness (QED) is 0.751. The molecule has 0 aromatic carbocycles. The Morgan fingerprint density at radius 2 is 2.43 bits per heavy atom. The lowest BCUT2D eigenvalue weighted by Crippen LogP contribution is -2.22. The van der Waals surface area contributed by atoms with Gasteiger partial charge in [-0.2, -0.15) is 5.10 Å². The number of H-pyrrole nitrogens is 1. The fraction of sp³-hybridized carbons (Fsp3) is 0.571. The van der Waals surface area contributed by atoms with E-state index in [4.69, 9.17) is 11.6 Å². The van der Waals surface area contributed by atoms with Gasteiger partial charge in [0.15, 0.2) is 0 Å². The largest absolute Gasteiger partial charge is 0.268 e. The molecule has 80 valence electrons. The van der Waals surface area contributed by atoms with Crippen LogP contribution in [-0.2, 0) is 10.0 Å². The number of hydrogen-bond donors (Lipinski definition) is 2. The van der Waals surface area contributed by atoms with Crippen molar-refractivity contribution in [1.29, 1.82) is 0 Å². The van der Waals surface area contributed by atoms with Gasteiger partial charge in [-0.15, -0.1) is 11.6 Å². The summed E-state index contributed by atoms with van der Waals surface area (Å²) in [6, 6.07) is 1.54. The summed E-state index contributed by atoms with van der Waals surface area (Å²) >= 11 is 5.53. The van der Waals surface area contributed by atoms with Crippen LogP contribution in [0.15, 0.2) is 12.3 Å². The van der Waals surface area contributed by atoms with Crippen molar-refractivity contribution >= 4 is 27.4 Å². The molecule has 0 aliphatic carbocycles. The molecule has 1 aromatic heterocycles. The lowest BCUT2D eigenvalue weighted by atomic mass is 10.3. The normalized spacial score (nSPS) is 13.9. The average Bonchev–Trinajstić information content (AvgIpc) is 2.54. The van der Waals surface area contributed by atoms with Gasteiger partial charge >= 0.3 is 0 Å². The van der Waals surface area contributed by atoms with Gasteiger partial charge in [0.05, 0.1) is 11.9 Å². The molecule has 5 nitrogen and oxygen atoms in total. The first kappa shape index (κ1) is 11.3. The highest BCUT2D eigenvalue weighted by Gasteiger charge is 2.15. The molecule has 7 heteroatoms. The van der Waals surface area contributed by atoms with Crippen molar-refractivity contribution in [3.8, 4) is 0 Å². The molecule has 2 N–H and O–H groups in total. The summed E-state index contributed by atoms with van der Waals surface area (Å²) in [5.74, 6) is 0.628. The molecule has 0 amide bonds. The van der Waals surface area contributed by atoms with Gasteiger partial charge in [0, 0.05) is 11.9 Å². The third-order valence-corrected chi connectivity index (χ3v) is 3.60. The van der Waals surface area contributed by atoms with E-state index in [1.165, 1.54) is 6.20 Å². The lowest BCUT2D eigenvalue weighted by Gasteiger charge is -2.09. The van der Waals surface area contributed by atoms with Crippen LogP contribution in [0, 0.1) is 5.92 Å². The number of rotatable bonds is 5. The number of halogens is 1. The van der Waals surface area contributed by atoms with Crippen LogP contribution in [0.5, 0.6) is 0 Å². The fourth-order valence-corrected chi connectivity index (χ4v) is 2.58. The molecule has 14 heavy (non-hydrogen) atoms. The Bertz CT molecular complexity index is 362. The Morgan fingerprint density at radius 1 is 1.71 bits per heavy atom. The molecule has 0 radical (unpaired) electrons. The molecular weight excluding hydrogens is 226 g/mol. The zero-order valence-corrected chi connectivity index (χ0v) is 9.27. The molecule has 1 heterocycles. The Hall–Kier alpha value is -0.750. The summed E-state index contributed by atoms with van der Waals surface area (Å²) in [4.78, 5) is 0. The van der Waals surface area contributed by atoms with E-state index in [0.717, 1.165) is 0 Å². The molecule has 0 saturated heterocycles. The highest BCUT2D eigenvalue weighted by Crippen LogP contribution is 2.07. The third kappa shape index (κ3) is 3.55. The molecule has 0 aliphatic rings. The molecule has 0 fully saturated rings. The molecular formula is C7H12ClN3O2S. The highest BCUT2D eigenvalue weighted by atomic mass is 35.5. The molecule has 1 atom stereocenters. The second-order valence-electron chi connectivity index (χ2n) is 3.11. The van der Waals surface area contributed by atoms with E-state index in [2.05, 4.69) is 14.9 Å². The zero-order chi connectivity index (χ0) is 10.6. The molecule has 0 aliphatic heterocycles. The van der Waals surface area contributed by atoms with Crippen LogP contribution < -0.4 is 4.72 Å². The molecule has 1 unspecified atom stereocenters. The topological polar surface area (TPSA) is 74.8 Å². The highest BCUT2D eigenvalue weighted by molar-refractivity contribution is 7.92. The van der Waals surface area contributed by atoms with Gasteiger partial charge < -0.3 is 0 Å². The Morgan fingerprint density at radius 3 is 2.93 bits per heavy atom. The SMILES string of the molecule is CC(CCl)CS(=O)(=O)Nc1ccn[nH]1. The number of nitrogens with one attached hydrogen (secondary N) is 2. The smallest absolute Gasteiger partial charge is 0.234 e. The van der Waals surface area contributed by atoms with Crippen molar-refractivity contribution in [3.05, 3.63) is 12.3 Å². The minimum Gasteiger partial charge on any atom is -0.268 e. The van der Waals surface area contributed by atoms with Crippen molar-refractivity contribution < 1.29 is 8.42 Å². The van der Waals surface area contributed by atoms with Crippen LogP contribution in [0.3, 0.4) is 0 Å². The van der Waals surface area contributed by atoms with Crippen molar-refractivity contribution in [2.24, 2.45) is 5.92 Å². The number of aromatic amines is 1. The second kappa shape index (κ2) is 4.65. The maximum Gasteiger partial charge on any atom is 0.234 e. The van der Waals surface area contributed by atoms with Crippen molar-refractivity contribution in [2.75, 3.05) is 16.4 Å². The third-order valence-electron chi connectivity index (χ3n) is 1.53. The first-order valence-corrected chi connectivity index (χ1v) is 6.28. The molecule has 1 rings (SSSR count). The van der Waals surface area contributed by atoms with Gasteiger partial charge in [0.25, 0.3) is 0 Å². The molecule has 0 bridgehead atoms. The van der Waals surface area contributed by atoms with E-state index >= 15 is 0 Å². The van der Waals surface area contributed by atoms with Gasteiger partial charge in [-0.05, 0) is 5.92 Å². The molecule has 0 spiro atoms. The zero-order valence-electron chi connectivity index (χ0n) is 7.70. The van der Waals surface area contributed by atoms with E-state index in [1.807, 2.05) is 0 Å². The maximum atomic E-state index is 11.4. The number of nitrogens with zero attached hydrogens (tertiary/aromatic N) is 1. The van der Waals surface area contributed by atoms with Crippen LogP contribution >= 0.6 is 11.6 Å². The van der Waals surface area contributed by atoms with Crippen LogP contribution in [-0.4, -0.2) is 30.2 Å². The summed E-state index contributed by atoms with van der Waals surface area (Å²) < 4.78 is 25.3. The van der Waals surface area contributed by atoms with Gasteiger partial charge in [-0.3, -0.25) is 9.82 Å². The van der Waals surface area contributed by atoms with Crippen molar-refractivity contribution in [1.82, 2.24) is 10.2 Å². The minimum atomic E-state index is -3.32. The Kier molecular flexibility index (Phi) is 3.77. The van der Waals surface area contributed by atoms with Crippen LogP contribution in [0.4, 0.5) is 5.82 Å². The standard InChI is InChI=1S/C7H12ClN3O2S/c1-6(4-8)5-14(12,13)11-7-2-3-9-10-7/h2-3,6H,4-5H2,1H3,(H2,9,10,11). The minimum absolute atomic E-state index is 0.00944. The van der Waals surface area contributed by atoms with E-state index in [0.29, 0.717) is 11.7 Å². The Balaban J connectivity index is 2.59. The second-order valence-corrected chi connectivity index (χ2v) is 5.19. The van der Waals surface area contributed by atoms with Crippen molar-refractivity contribution in [3.63, 3.8) is 0 Å². The van der Waals surface area contributed by atoms with Gasteiger partial charge in [-0.25, -0.2) is 8.42 Å². The van der Waals surface area contributed by atoms with E-state index < -0.39 is 10.0 Å². The molecule has 1 aromatic rings. The van der Waals surface area contributed by atoms with Crippen LogP contribution in [0.1, 0.15) is 6.92 Å². The monoisotopic (exact) mass is 237 g/mol. The summed E-state index contributed by atoms with van der Waals surface area (Å²) in [6.45, 7) is 1.78.